The number of rotatable bonds is 5. The molecule has 1 N–H and O–H groups in total. The fraction of sp³-hybridized carbons (Fsp3) is 0.562. The predicted molar refractivity (Wildman–Crippen MR) is 84.1 cm³/mol. The molecule has 0 saturated heterocycles. The van der Waals surface area contributed by atoms with Crippen LogP contribution in [0.3, 0.4) is 0 Å². The van der Waals surface area contributed by atoms with Gasteiger partial charge in [0.1, 0.15) is 5.75 Å². The van der Waals surface area contributed by atoms with Gasteiger partial charge in [0.2, 0.25) is 0 Å². The monoisotopic (exact) mass is 301 g/mol. The van der Waals surface area contributed by atoms with Crippen LogP contribution >= 0.6 is 0 Å². The summed E-state index contributed by atoms with van der Waals surface area (Å²) in [7, 11) is 1.67. The SMILES string of the molecule is CCNC1(c2nnnn2-c2ccc(OC)cc2)CCCCC1. The Labute approximate surface area is 130 Å². The van der Waals surface area contributed by atoms with E-state index in [1.165, 1.54) is 19.3 Å². The van der Waals surface area contributed by atoms with Gasteiger partial charge in [0.05, 0.1) is 18.3 Å². The summed E-state index contributed by atoms with van der Waals surface area (Å²) in [5.74, 6) is 1.75. The quantitative estimate of drug-likeness (QED) is 0.919. The van der Waals surface area contributed by atoms with Gasteiger partial charge in [-0.3, -0.25) is 0 Å². The van der Waals surface area contributed by atoms with E-state index >= 15 is 0 Å². The fourth-order valence-electron chi connectivity index (χ4n) is 3.36. The lowest BCUT2D eigenvalue weighted by atomic mass is 9.81. The molecule has 6 nitrogen and oxygen atoms in total. The molecule has 1 aromatic carbocycles. The summed E-state index contributed by atoms with van der Waals surface area (Å²) in [5, 5.41) is 16.2. The zero-order valence-corrected chi connectivity index (χ0v) is 13.2. The second kappa shape index (κ2) is 6.44. The van der Waals surface area contributed by atoms with E-state index < -0.39 is 0 Å². The third-order valence-corrected chi connectivity index (χ3v) is 4.44. The minimum atomic E-state index is -0.115. The second-order valence-electron chi connectivity index (χ2n) is 5.79. The van der Waals surface area contributed by atoms with Crippen molar-refractivity contribution >= 4 is 0 Å². The van der Waals surface area contributed by atoms with Crippen molar-refractivity contribution in [2.45, 2.75) is 44.6 Å². The molecule has 0 aliphatic heterocycles. The Morgan fingerprint density at radius 2 is 1.91 bits per heavy atom. The molecule has 0 bridgehead atoms. The minimum absolute atomic E-state index is 0.115. The van der Waals surface area contributed by atoms with Gasteiger partial charge in [-0.2, -0.15) is 4.68 Å². The van der Waals surface area contributed by atoms with Crippen molar-refractivity contribution in [1.29, 1.82) is 0 Å². The molecule has 0 amide bonds. The number of hydrogen-bond acceptors (Lipinski definition) is 5. The molecule has 0 atom stereocenters. The molecule has 0 radical (unpaired) electrons. The highest BCUT2D eigenvalue weighted by Crippen LogP contribution is 2.36. The Kier molecular flexibility index (Phi) is 4.38. The van der Waals surface area contributed by atoms with Gasteiger partial charge in [0.15, 0.2) is 5.82 Å². The number of tetrazole rings is 1. The molecule has 1 aromatic heterocycles. The third-order valence-electron chi connectivity index (χ3n) is 4.44. The molecule has 1 aliphatic rings. The topological polar surface area (TPSA) is 64.9 Å². The highest BCUT2D eigenvalue weighted by Gasteiger charge is 2.38. The van der Waals surface area contributed by atoms with Gasteiger partial charge in [0.25, 0.3) is 0 Å². The van der Waals surface area contributed by atoms with Gasteiger partial charge in [-0.05, 0) is 54.1 Å². The van der Waals surface area contributed by atoms with Crippen LogP contribution in [0.4, 0.5) is 0 Å². The molecule has 1 aliphatic carbocycles. The van der Waals surface area contributed by atoms with Crippen molar-refractivity contribution in [3.05, 3.63) is 30.1 Å². The van der Waals surface area contributed by atoms with E-state index in [1.54, 1.807) is 7.11 Å². The number of nitrogens with zero attached hydrogens (tertiary/aromatic N) is 4. The van der Waals surface area contributed by atoms with Crippen molar-refractivity contribution in [1.82, 2.24) is 25.5 Å². The van der Waals surface area contributed by atoms with Crippen molar-refractivity contribution in [3.8, 4) is 11.4 Å². The van der Waals surface area contributed by atoms with Gasteiger partial charge in [-0.1, -0.05) is 26.2 Å². The summed E-state index contributed by atoms with van der Waals surface area (Å²) in [6.07, 6.45) is 5.87. The number of ether oxygens (including phenoxy) is 1. The normalized spacial score (nSPS) is 17.4. The molecular formula is C16H23N5O. The van der Waals surface area contributed by atoms with Crippen LogP contribution in [0.2, 0.25) is 0 Å². The van der Waals surface area contributed by atoms with Crippen LogP contribution in [0.25, 0.3) is 5.69 Å². The molecular weight excluding hydrogens is 278 g/mol. The predicted octanol–water partition coefficient (Wildman–Crippen LogP) is 2.44. The van der Waals surface area contributed by atoms with E-state index in [2.05, 4.69) is 27.8 Å². The molecule has 118 valence electrons. The standard InChI is InChI=1S/C16H23N5O/c1-3-17-16(11-5-4-6-12-16)15-18-19-20-21(15)13-7-9-14(22-2)10-8-13/h7-10,17H,3-6,11-12H2,1-2H3. The summed E-state index contributed by atoms with van der Waals surface area (Å²) in [5.41, 5.74) is 0.847. The molecule has 2 aromatic rings. The smallest absolute Gasteiger partial charge is 0.176 e. The lowest BCUT2D eigenvalue weighted by Gasteiger charge is -2.36. The van der Waals surface area contributed by atoms with Crippen LogP contribution in [0.5, 0.6) is 5.75 Å². The largest absolute Gasteiger partial charge is 0.497 e. The van der Waals surface area contributed by atoms with E-state index in [4.69, 9.17) is 4.74 Å². The number of nitrogens with one attached hydrogen (secondary N) is 1. The van der Waals surface area contributed by atoms with Crippen LogP contribution in [0, 0.1) is 0 Å². The average Bonchev–Trinajstić information content (AvgIpc) is 3.06. The van der Waals surface area contributed by atoms with Gasteiger partial charge in [-0.25, -0.2) is 0 Å². The molecule has 3 rings (SSSR count). The molecule has 1 heterocycles. The van der Waals surface area contributed by atoms with E-state index in [0.717, 1.165) is 36.6 Å². The average molecular weight is 301 g/mol. The van der Waals surface area contributed by atoms with E-state index in [-0.39, 0.29) is 5.54 Å². The lowest BCUT2D eigenvalue weighted by molar-refractivity contribution is 0.220. The van der Waals surface area contributed by atoms with Gasteiger partial charge >= 0.3 is 0 Å². The number of aromatic nitrogens is 4. The van der Waals surface area contributed by atoms with Gasteiger partial charge < -0.3 is 10.1 Å². The number of benzene rings is 1. The minimum Gasteiger partial charge on any atom is -0.497 e. The first kappa shape index (κ1) is 15.0. The molecule has 22 heavy (non-hydrogen) atoms. The number of hydrogen-bond donors (Lipinski definition) is 1. The zero-order chi connectivity index (χ0) is 15.4. The second-order valence-corrected chi connectivity index (χ2v) is 5.79. The van der Waals surface area contributed by atoms with Crippen molar-refractivity contribution in [3.63, 3.8) is 0 Å². The number of methoxy groups -OCH3 is 1. The highest BCUT2D eigenvalue weighted by molar-refractivity contribution is 5.37. The molecule has 6 heteroatoms. The first-order chi connectivity index (χ1) is 10.8. The highest BCUT2D eigenvalue weighted by atomic mass is 16.5. The molecule has 0 spiro atoms. The van der Waals surface area contributed by atoms with E-state index in [0.29, 0.717) is 0 Å². The summed E-state index contributed by atoms with van der Waals surface area (Å²) < 4.78 is 7.07. The Morgan fingerprint density at radius 3 is 2.55 bits per heavy atom. The van der Waals surface area contributed by atoms with Crippen molar-refractivity contribution < 1.29 is 4.74 Å². The molecule has 1 fully saturated rings. The Morgan fingerprint density at radius 1 is 1.18 bits per heavy atom. The first-order valence-corrected chi connectivity index (χ1v) is 7.97. The maximum Gasteiger partial charge on any atom is 0.176 e. The van der Waals surface area contributed by atoms with E-state index in [9.17, 15) is 0 Å². The Hall–Kier alpha value is -1.95. The lowest BCUT2D eigenvalue weighted by Crippen LogP contribution is -2.46. The molecule has 0 unspecified atom stereocenters. The van der Waals surface area contributed by atoms with E-state index in [1.807, 2.05) is 28.9 Å². The van der Waals surface area contributed by atoms with Crippen molar-refractivity contribution in [2.75, 3.05) is 13.7 Å². The van der Waals surface area contributed by atoms with Gasteiger partial charge in [-0.15, -0.1) is 5.10 Å². The fourth-order valence-corrected chi connectivity index (χ4v) is 3.36. The van der Waals surface area contributed by atoms with Crippen LogP contribution in [-0.4, -0.2) is 33.9 Å². The van der Waals surface area contributed by atoms with Crippen LogP contribution in [-0.2, 0) is 5.54 Å². The van der Waals surface area contributed by atoms with Crippen LogP contribution in [0.15, 0.2) is 24.3 Å². The maximum absolute atomic E-state index is 5.22. The zero-order valence-electron chi connectivity index (χ0n) is 13.2. The van der Waals surface area contributed by atoms with Gasteiger partial charge in [0, 0.05) is 0 Å². The summed E-state index contributed by atoms with van der Waals surface area (Å²) in [4.78, 5) is 0. The molecule has 1 saturated carbocycles. The summed E-state index contributed by atoms with van der Waals surface area (Å²) in [6, 6.07) is 7.84. The summed E-state index contributed by atoms with van der Waals surface area (Å²) in [6.45, 7) is 3.05. The Balaban J connectivity index is 1.98. The third kappa shape index (κ3) is 2.70. The van der Waals surface area contributed by atoms with Crippen molar-refractivity contribution in [2.24, 2.45) is 0 Å². The van der Waals surface area contributed by atoms with Crippen LogP contribution in [0.1, 0.15) is 44.9 Å². The maximum atomic E-state index is 5.22. The van der Waals surface area contributed by atoms with Crippen LogP contribution < -0.4 is 10.1 Å². The first-order valence-electron chi connectivity index (χ1n) is 7.97. The summed E-state index contributed by atoms with van der Waals surface area (Å²) >= 11 is 0. The Bertz CT molecular complexity index is 596.